The largest absolute Gasteiger partial charge is 0.444 e. The lowest BCUT2D eigenvalue weighted by Gasteiger charge is -2.35. The zero-order valence-corrected chi connectivity index (χ0v) is 15.4. The van der Waals surface area contributed by atoms with Gasteiger partial charge in [-0.1, -0.05) is 0 Å². The van der Waals surface area contributed by atoms with Crippen LogP contribution in [-0.4, -0.2) is 78.3 Å². The maximum atomic E-state index is 12.1. The van der Waals surface area contributed by atoms with Crippen LogP contribution in [0.1, 0.15) is 26.3 Å². The molecule has 1 fully saturated rings. The van der Waals surface area contributed by atoms with E-state index in [1.54, 1.807) is 16.1 Å². The average Bonchev–Trinajstić information content (AvgIpc) is 2.94. The van der Waals surface area contributed by atoms with E-state index in [1.807, 2.05) is 39.8 Å². The number of nitrogens with zero attached hydrogens (tertiary/aromatic N) is 6. The van der Waals surface area contributed by atoms with Crippen LogP contribution in [0.15, 0.2) is 4.99 Å². The molecule has 1 aromatic heterocycles. The Labute approximate surface area is 147 Å². The molecular weight excluding hydrogens is 322 g/mol. The fourth-order valence-corrected chi connectivity index (χ4v) is 2.35. The Morgan fingerprint density at radius 1 is 1.36 bits per heavy atom. The minimum absolute atomic E-state index is 0.314. The molecule has 1 aliphatic rings. The number of ether oxygens (including phenoxy) is 1. The predicted molar refractivity (Wildman–Crippen MR) is 95.2 cm³/mol. The minimum atomic E-state index is -0.510. The number of aromatic amines is 1. The van der Waals surface area contributed by atoms with E-state index < -0.39 is 5.60 Å². The van der Waals surface area contributed by atoms with Crippen LogP contribution < -0.4 is 4.90 Å². The summed E-state index contributed by atoms with van der Waals surface area (Å²) in [5.74, 6) is 0.998. The van der Waals surface area contributed by atoms with Crippen molar-refractivity contribution in [1.29, 1.82) is 5.26 Å². The molecule has 0 bridgehead atoms. The van der Waals surface area contributed by atoms with Gasteiger partial charge in [-0.05, 0) is 20.8 Å². The SMILES string of the molecule is CN(C)C=Nc1[nH]nc(N2CCN(C(=O)OC(C)(C)C)CC2)c1C#N. The maximum absolute atomic E-state index is 12.1. The summed E-state index contributed by atoms with van der Waals surface area (Å²) in [6.07, 6.45) is 1.30. The number of hydrogen-bond acceptors (Lipinski definition) is 6. The lowest BCUT2D eigenvalue weighted by Crippen LogP contribution is -2.50. The Bertz CT molecular complexity index is 674. The number of H-pyrrole nitrogens is 1. The molecule has 136 valence electrons. The number of amides is 1. The summed E-state index contributed by atoms with van der Waals surface area (Å²) in [4.78, 5) is 21.8. The van der Waals surface area contributed by atoms with Gasteiger partial charge in [0.2, 0.25) is 0 Å². The second-order valence-electron chi connectivity index (χ2n) is 7.05. The van der Waals surface area contributed by atoms with Gasteiger partial charge in [-0.25, -0.2) is 9.79 Å². The van der Waals surface area contributed by atoms with Crippen LogP contribution in [0.4, 0.5) is 16.4 Å². The van der Waals surface area contributed by atoms with Crippen molar-refractivity contribution in [3.63, 3.8) is 0 Å². The smallest absolute Gasteiger partial charge is 0.410 e. The summed E-state index contributed by atoms with van der Waals surface area (Å²) in [5, 5.41) is 16.5. The van der Waals surface area contributed by atoms with Crippen LogP contribution in [0.5, 0.6) is 0 Å². The molecule has 0 spiro atoms. The summed E-state index contributed by atoms with van der Waals surface area (Å²) in [6.45, 7) is 7.73. The molecule has 9 nitrogen and oxygen atoms in total. The van der Waals surface area contributed by atoms with E-state index in [2.05, 4.69) is 21.3 Å². The number of rotatable bonds is 3. The molecule has 25 heavy (non-hydrogen) atoms. The molecule has 1 aromatic rings. The first-order valence-corrected chi connectivity index (χ1v) is 8.13. The van der Waals surface area contributed by atoms with E-state index in [-0.39, 0.29) is 6.09 Å². The number of aromatic nitrogens is 2. The van der Waals surface area contributed by atoms with E-state index in [0.717, 1.165) is 0 Å². The molecule has 2 rings (SSSR count). The number of carbonyl (C=O) groups is 1. The molecule has 0 unspecified atom stereocenters. The van der Waals surface area contributed by atoms with Crippen molar-refractivity contribution in [3.8, 4) is 6.07 Å². The molecular formula is C16H25N7O2. The first kappa shape index (κ1) is 18.6. The van der Waals surface area contributed by atoms with Gasteiger partial charge in [-0.15, -0.1) is 0 Å². The number of anilines is 1. The van der Waals surface area contributed by atoms with Crippen LogP contribution in [0.3, 0.4) is 0 Å². The highest BCUT2D eigenvalue weighted by atomic mass is 16.6. The van der Waals surface area contributed by atoms with Crippen molar-refractivity contribution in [3.05, 3.63) is 5.56 Å². The maximum Gasteiger partial charge on any atom is 0.410 e. The predicted octanol–water partition coefficient (Wildman–Crippen LogP) is 1.56. The topological polar surface area (TPSA) is 101 Å². The van der Waals surface area contributed by atoms with Gasteiger partial charge in [-0.2, -0.15) is 10.4 Å². The third-order valence-electron chi connectivity index (χ3n) is 3.49. The van der Waals surface area contributed by atoms with E-state index in [0.29, 0.717) is 43.4 Å². The Balaban J connectivity index is 2.04. The van der Waals surface area contributed by atoms with Gasteiger partial charge >= 0.3 is 6.09 Å². The van der Waals surface area contributed by atoms with Crippen molar-refractivity contribution in [1.82, 2.24) is 20.0 Å². The summed E-state index contributed by atoms with van der Waals surface area (Å²) in [7, 11) is 3.70. The zero-order valence-electron chi connectivity index (χ0n) is 15.4. The van der Waals surface area contributed by atoms with E-state index >= 15 is 0 Å². The highest BCUT2D eigenvalue weighted by Crippen LogP contribution is 2.26. The normalized spacial score (nSPS) is 15.4. The lowest BCUT2D eigenvalue weighted by molar-refractivity contribution is 0.0240. The van der Waals surface area contributed by atoms with Crippen molar-refractivity contribution < 1.29 is 9.53 Å². The quantitative estimate of drug-likeness (QED) is 0.658. The Morgan fingerprint density at radius 3 is 2.52 bits per heavy atom. The van der Waals surface area contributed by atoms with Crippen molar-refractivity contribution in [2.24, 2.45) is 4.99 Å². The van der Waals surface area contributed by atoms with Gasteiger partial charge in [0.15, 0.2) is 11.6 Å². The molecule has 1 amide bonds. The van der Waals surface area contributed by atoms with Crippen LogP contribution in [0.2, 0.25) is 0 Å². The molecule has 0 aliphatic carbocycles. The van der Waals surface area contributed by atoms with Crippen LogP contribution in [0, 0.1) is 11.3 Å². The molecule has 1 N–H and O–H groups in total. The fraction of sp³-hybridized carbons (Fsp3) is 0.625. The van der Waals surface area contributed by atoms with Crippen LogP contribution in [-0.2, 0) is 4.74 Å². The van der Waals surface area contributed by atoms with Gasteiger partial charge in [0.1, 0.15) is 17.2 Å². The molecule has 0 radical (unpaired) electrons. The van der Waals surface area contributed by atoms with E-state index in [9.17, 15) is 10.1 Å². The number of nitrogens with one attached hydrogen (secondary N) is 1. The van der Waals surface area contributed by atoms with Crippen molar-refractivity contribution in [2.45, 2.75) is 26.4 Å². The standard InChI is InChI=1S/C16H25N7O2/c1-16(2,3)25-15(24)23-8-6-22(7-9-23)14-12(10-17)13(19-20-14)18-11-21(4)5/h11H,6-9H2,1-5H3,(H,19,20). The van der Waals surface area contributed by atoms with Crippen LogP contribution in [0.25, 0.3) is 0 Å². The van der Waals surface area contributed by atoms with Gasteiger partial charge in [0, 0.05) is 40.3 Å². The van der Waals surface area contributed by atoms with Gasteiger partial charge in [0.25, 0.3) is 0 Å². The van der Waals surface area contributed by atoms with Crippen LogP contribution >= 0.6 is 0 Å². The number of carbonyl (C=O) groups excluding carboxylic acids is 1. The Morgan fingerprint density at radius 2 is 2.00 bits per heavy atom. The monoisotopic (exact) mass is 347 g/mol. The zero-order chi connectivity index (χ0) is 18.6. The molecule has 1 aliphatic heterocycles. The minimum Gasteiger partial charge on any atom is -0.444 e. The second-order valence-corrected chi connectivity index (χ2v) is 7.05. The second kappa shape index (κ2) is 7.42. The number of nitriles is 1. The van der Waals surface area contributed by atoms with Gasteiger partial charge in [-0.3, -0.25) is 5.10 Å². The fourth-order valence-electron chi connectivity index (χ4n) is 2.35. The molecule has 0 saturated carbocycles. The molecule has 0 aromatic carbocycles. The first-order valence-electron chi connectivity index (χ1n) is 8.13. The highest BCUT2D eigenvalue weighted by Gasteiger charge is 2.28. The number of hydrogen-bond donors (Lipinski definition) is 1. The van der Waals surface area contributed by atoms with Crippen molar-refractivity contribution >= 4 is 24.1 Å². The molecule has 2 heterocycles. The summed E-state index contributed by atoms with van der Waals surface area (Å²) < 4.78 is 5.39. The van der Waals surface area contributed by atoms with E-state index in [1.165, 1.54) is 0 Å². The highest BCUT2D eigenvalue weighted by molar-refractivity contribution is 5.70. The molecule has 1 saturated heterocycles. The molecule has 0 atom stereocenters. The number of piperazine rings is 1. The third kappa shape index (κ3) is 4.86. The Kier molecular flexibility index (Phi) is 5.51. The van der Waals surface area contributed by atoms with Gasteiger partial charge in [0.05, 0.1) is 6.34 Å². The van der Waals surface area contributed by atoms with E-state index in [4.69, 9.17) is 4.74 Å². The summed E-state index contributed by atoms with van der Waals surface area (Å²) in [6, 6.07) is 2.16. The number of aliphatic imine (C=N–C) groups is 1. The van der Waals surface area contributed by atoms with Gasteiger partial charge < -0.3 is 19.4 Å². The van der Waals surface area contributed by atoms with Crippen molar-refractivity contribution in [2.75, 3.05) is 45.2 Å². The average molecular weight is 347 g/mol. The lowest BCUT2D eigenvalue weighted by atomic mass is 10.2. The summed E-state index contributed by atoms with van der Waals surface area (Å²) in [5.41, 5.74) is -0.104. The third-order valence-corrected chi connectivity index (χ3v) is 3.49. The Hall–Kier alpha value is -2.76. The molecule has 9 heteroatoms. The summed E-state index contributed by atoms with van der Waals surface area (Å²) >= 11 is 0. The first-order chi connectivity index (χ1) is 11.7.